The molecule has 2 heterocycles. The van der Waals surface area contributed by atoms with E-state index in [2.05, 4.69) is 20.3 Å². The molecular formula is C16H22N4O. The maximum atomic E-state index is 5.03. The zero-order valence-electron chi connectivity index (χ0n) is 13.1. The largest absolute Gasteiger partial charge is 0.383 e. The van der Waals surface area contributed by atoms with Crippen LogP contribution in [0.15, 0.2) is 18.5 Å². The Hall–Kier alpha value is -1.85. The summed E-state index contributed by atoms with van der Waals surface area (Å²) in [6, 6.07) is 1.96. The SMILES string of the molecule is COCCNCc1c(C)nc(-c2ccncc2C)nc1C. The number of nitrogens with one attached hydrogen (secondary N) is 1. The van der Waals surface area contributed by atoms with Gasteiger partial charge in [-0.05, 0) is 32.4 Å². The molecule has 21 heavy (non-hydrogen) atoms. The van der Waals surface area contributed by atoms with Crippen molar-refractivity contribution in [2.45, 2.75) is 27.3 Å². The van der Waals surface area contributed by atoms with Crippen LogP contribution in [0.3, 0.4) is 0 Å². The monoisotopic (exact) mass is 286 g/mol. The van der Waals surface area contributed by atoms with E-state index in [0.29, 0.717) is 6.61 Å². The average molecular weight is 286 g/mol. The quantitative estimate of drug-likeness (QED) is 0.825. The number of methoxy groups -OCH3 is 1. The number of hydrogen-bond acceptors (Lipinski definition) is 5. The fourth-order valence-electron chi connectivity index (χ4n) is 2.23. The van der Waals surface area contributed by atoms with Gasteiger partial charge in [0, 0.05) is 55.1 Å². The summed E-state index contributed by atoms with van der Waals surface area (Å²) < 4.78 is 5.03. The maximum absolute atomic E-state index is 5.03. The molecule has 0 aliphatic rings. The predicted molar refractivity (Wildman–Crippen MR) is 83.1 cm³/mol. The first-order valence-electron chi connectivity index (χ1n) is 7.08. The molecule has 0 atom stereocenters. The highest BCUT2D eigenvalue weighted by molar-refractivity contribution is 5.59. The third-order valence-electron chi connectivity index (χ3n) is 3.47. The number of rotatable bonds is 6. The van der Waals surface area contributed by atoms with Gasteiger partial charge in [-0.25, -0.2) is 9.97 Å². The molecule has 0 saturated heterocycles. The van der Waals surface area contributed by atoms with Crippen molar-refractivity contribution in [1.82, 2.24) is 20.3 Å². The van der Waals surface area contributed by atoms with Crippen molar-refractivity contribution in [3.63, 3.8) is 0 Å². The van der Waals surface area contributed by atoms with Crippen molar-refractivity contribution >= 4 is 0 Å². The zero-order valence-corrected chi connectivity index (χ0v) is 13.1. The first-order chi connectivity index (χ1) is 10.1. The zero-order chi connectivity index (χ0) is 15.2. The predicted octanol–water partition coefficient (Wildman–Crippen LogP) is 2.20. The lowest BCUT2D eigenvalue weighted by molar-refractivity contribution is 0.199. The molecule has 0 saturated carbocycles. The number of aryl methyl sites for hydroxylation is 3. The Morgan fingerprint density at radius 1 is 1.14 bits per heavy atom. The molecule has 112 valence electrons. The minimum absolute atomic E-state index is 0.702. The molecule has 5 heteroatoms. The van der Waals surface area contributed by atoms with Crippen LogP contribution in [0, 0.1) is 20.8 Å². The first-order valence-corrected chi connectivity index (χ1v) is 7.08. The Morgan fingerprint density at radius 2 is 1.86 bits per heavy atom. The fraction of sp³-hybridized carbons (Fsp3) is 0.438. The van der Waals surface area contributed by atoms with Crippen molar-refractivity contribution in [1.29, 1.82) is 0 Å². The summed E-state index contributed by atoms with van der Waals surface area (Å²) in [7, 11) is 1.70. The molecule has 0 spiro atoms. The van der Waals surface area contributed by atoms with Crippen LogP contribution in [-0.4, -0.2) is 35.2 Å². The van der Waals surface area contributed by atoms with Crippen LogP contribution in [0.25, 0.3) is 11.4 Å². The van der Waals surface area contributed by atoms with E-state index in [1.165, 1.54) is 0 Å². The van der Waals surface area contributed by atoms with Crippen LogP contribution in [0.2, 0.25) is 0 Å². The molecule has 2 rings (SSSR count). The number of nitrogens with zero attached hydrogens (tertiary/aromatic N) is 3. The summed E-state index contributed by atoms with van der Waals surface area (Å²) in [6.07, 6.45) is 3.61. The lowest BCUT2D eigenvalue weighted by Gasteiger charge is -2.12. The van der Waals surface area contributed by atoms with Crippen LogP contribution in [-0.2, 0) is 11.3 Å². The minimum Gasteiger partial charge on any atom is -0.383 e. The normalized spacial score (nSPS) is 10.9. The number of ether oxygens (including phenoxy) is 1. The van der Waals surface area contributed by atoms with E-state index in [-0.39, 0.29) is 0 Å². The van der Waals surface area contributed by atoms with Crippen LogP contribution in [0.4, 0.5) is 0 Å². The molecular weight excluding hydrogens is 264 g/mol. The average Bonchev–Trinajstić information content (AvgIpc) is 2.46. The molecule has 0 aliphatic carbocycles. The Bertz CT molecular complexity index is 590. The summed E-state index contributed by atoms with van der Waals surface area (Å²) in [6.45, 7) is 8.37. The van der Waals surface area contributed by atoms with Crippen LogP contribution < -0.4 is 5.32 Å². The van der Waals surface area contributed by atoms with Crippen LogP contribution in [0.5, 0.6) is 0 Å². The molecule has 2 aromatic heterocycles. The van der Waals surface area contributed by atoms with Crippen LogP contribution in [0.1, 0.15) is 22.5 Å². The van der Waals surface area contributed by atoms with Gasteiger partial charge < -0.3 is 10.1 Å². The molecule has 0 aromatic carbocycles. The second kappa shape index (κ2) is 7.24. The van der Waals surface area contributed by atoms with Gasteiger partial charge >= 0.3 is 0 Å². The van der Waals surface area contributed by atoms with Crippen molar-refractivity contribution in [2.75, 3.05) is 20.3 Å². The Kier molecular flexibility index (Phi) is 5.36. The number of pyridine rings is 1. The maximum Gasteiger partial charge on any atom is 0.160 e. The number of aromatic nitrogens is 3. The molecule has 2 aromatic rings. The van der Waals surface area contributed by atoms with E-state index in [9.17, 15) is 0 Å². The fourth-order valence-corrected chi connectivity index (χ4v) is 2.23. The van der Waals surface area contributed by atoms with Gasteiger partial charge in [-0.2, -0.15) is 0 Å². The summed E-state index contributed by atoms with van der Waals surface area (Å²) >= 11 is 0. The van der Waals surface area contributed by atoms with Crippen molar-refractivity contribution in [3.8, 4) is 11.4 Å². The first kappa shape index (κ1) is 15.5. The molecule has 5 nitrogen and oxygen atoms in total. The Balaban J connectivity index is 2.23. The third-order valence-corrected chi connectivity index (χ3v) is 3.47. The smallest absolute Gasteiger partial charge is 0.160 e. The van der Waals surface area contributed by atoms with Gasteiger partial charge in [0.15, 0.2) is 5.82 Å². The van der Waals surface area contributed by atoms with E-state index in [0.717, 1.165) is 47.0 Å². The molecule has 0 radical (unpaired) electrons. The molecule has 0 unspecified atom stereocenters. The third kappa shape index (κ3) is 3.83. The topological polar surface area (TPSA) is 59.9 Å². The van der Waals surface area contributed by atoms with Crippen molar-refractivity contribution in [2.24, 2.45) is 0 Å². The molecule has 1 N–H and O–H groups in total. The minimum atomic E-state index is 0.702. The van der Waals surface area contributed by atoms with Crippen molar-refractivity contribution < 1.29 is 4.74 Å². The molecule has 0 aliphatic heterocycles. The van der Waals surface area contributed by atoms with E-state index in [1.807, 2.05) is 33.0 Å². The molecule has 0 bridgehead atoms. The van der Waals surface area contributed by atoms with E-state index >= 15 is 0 Å². The summed E-state index contributed by atoms with van der Waals surface area (Å²) in [5, 5.41) is 3.34. The van der Waals surface area contributed by atoms with Crippen molar-refractivity contribution in [3.05, 3.63) is 41.0 Å². The van der Waals surface area contributed by atoms with Gasteiger partial charge in [0.25, 0.3) is 0 Å². The van der Waals surface area contributed by atoms with Gasteiger partial charge in [0.1, 0.15) is 0 Å². The Labute approximate surface area is 125 Å². The molecule has 0 fully saturated rings. The van der Waals surface area contributed by atoms with Gasteiger partial charge in [-0.3, -0.25) is 4.98 Å². The van der Waals surface area contributed by atoms with E-state index in [4.69, 9.17) is 4.74 Å². The lowest BCUT2D eigenvalue weighted by Crippen LogP contribution is -2.20. The highest BCUT2D eigenvalue weighted by Gasteiger charge is 2.11. The second-order valence-electron chi connectivity index (χ2n) is 5.06. The summed E-state index contributed by atoms with van der Waals surface area (Å²) in [4.78, 5) is 13.4. The highest BCUT2D eigenvalue weighted by atomic mass is 16.5. The van der Waals surface area contributed by atoms with Gasteiger partial charge in [-0.15, -0.1) is 0 Å². The standard InChI is InChI=1S/C16H22N4O/c1-11-9-17-6-5-14(11)16-19-12(2)15(13(3)20-16)10-18-7-8-21-4/h5-6,9,18H,7-8,10H2,1-4H3. The van der Waals surface area contributed by atoms with Gasteiger partial charge in [-0.1, -0.05) is 0 Å². The lowest BCUT2D eigenvalue weighted by atomic mass is 10.1. The van der Waals surface area contributed by atoms with Gasteiger partial charge in [0.2, 0.25) is 0 Å². The van der Waals surface area contributed by atoms with E-state index < -0.39 is 0 Å². The summed E-state index contributed by atoms with van der Waals surface area (Å²) in [5.41, 5.74) is 5.30. The Morgan fingerprint density at radius 3 is 2.48 bits per heavy atom. The van der Waals surface area contributed by atoms with Gasteiger partial charge in [0.05, 0.1) is 6.61 Å². The second-order valence-corrected chi connectivity index (χ2v) is 5.06. The van der Waals surface area contributed by atoms with Crippen LogP contribution >= 0.6 is 0 Å². The summed E-state index contributed by atoms with van der Waals surface area (Å²) in [5.74, 6) is 0.769. The van der Waals surface area contributed by atoms with E-state index in [1.54, 1.807) is 13.3 Å². The number of hydrogen-bond donors (Lipinski definition) is 1. The molecule has 0 amide bonds. The highest BCUT2D eigenvalue weighted by Crippen LogP contribution is 2.21.